The number of hydrogen-bond acceptors (Lipinski definition) is 2. The van der Waals surface area contributed by atoms with Crippen LogP contribution >= 0.6 is 0 Å². The first-order valence-corrected chi connectivity index (χ1v) is 10.5. The number of hydrogen-bond donors (Lipinski definition) is 0. The molecule has 31 heavy (non-hydrogen) atoms. The number of amides is 1. The zero-order chi connectivity index (χ0) is 21.7. The number of imidazole rings is 1. The molecule has 0 fully saturated rings. The van der Waals surface area contributed by atoms with Crippen LogP contribution in [0.1, 0.15) is 29.3 Å². The SMILES string of the molecule is CC(Cc1cn(C(c2ccccc2)(c2ccccc2)c2ccccc2)cn1)N(C)C=O. The Morgan fingerprint density at radius 3 is 1.74 bits per heavy atom. The van der Waals surface area contributed by atoms with Crippen LogP contribution in [0.2, 0.25) is 0 Å². The lowest BCUT2D eigenvalue weighted by Crippen LogP contribution is -2.37. The number of nitrogens with zero attached hydrogens (tertiary/aromatic N) is 3. The lowest BCUT2D eigenvalue weighted by molar-refractivity contribution is -0.118. The minimum Gasteiger partial charge on any atom is -0.345 e. The highest BCUT2D eigenvalue weighted by Crippen LogP contribution is 2.40. The topological polar surface area (TPSA) is 38.1 Å². The molecule has 1 atom stereocenters. The molecule has 4 nitrogen and oxygen atoms in total. The van der Waals surface area contributed by atoms with Crippen molar-refractivity contribution in [2.75, 3.05) is 7.05 Å². The number of carbonyl (C=O) groups excluding carboxylic acids is 1. The third-order valence-electron chi connectivity index (χ3n) is 5.96. The van der Waals surface area contributed by atoms with Crippen molar-refractivity contribution >= 4 is 6.41 Å². The predicted octanol–water partition coefficient (Wildman–Crippen LogP) is 4.74. The van der Waals surface area contributed by atoms with Gasteiger partial charge in [0.05, 0.1) is 12.0 Å². The van der Waals surface area contributed by atoms with Crippen LogP contribution in [0.3, 0.4) is 0 Å². The van der Waals surface area contributed by atoms with Crippen LogP contribution in [0.5, 0.6) is 0 Å². The van der Waals surface area contributed by atoms with Gasteiger partial charge >= 0.3 is 0 Å². The van der Waals surface area contributed by atoms with E-state index in [0.717, 1.165) is 28.8 Å². The molecular weight excluding hydrogens is 382 g/mol. The third-order valence-corrected chi connectivity index (χ3v) is 5.96. The Morgan fingerprint density at radius 2 is 1.32 bits per heavy atom. The zero-order valence-corrected chi connectivity index (χ0v) is 17.9. The van der Waals surface area contributed by atoms with Gasteiger partial charge in [-0.15, -0.1) is 0 Å². The molecule has 3 aromatic carbocycles. The van der Waals surface area contributed by atoms with Crippen molar-refractivity contribution in [2.45, 2.75) is 24.9 Å². The van der Waals surface area contributed by atoms with E-state index in [0.29, 0.717) is 6.42 Å². The van der Waals surface area contributed by atoms with Gasteiger partial charge < -0.3 is 9.47 Å². The van der Waals surface area contributed by atoms with E-state index in [2.05, 4.69) is 83.6 Å². The van der Waals surface area contributed by atoms with E-state index in [1.165, 1.54) is 0 Å². The van der Waals surface area contributed by atoms with Gasteiger partial charge in [0.1, 0.15) is 5.54 Å². The zero-order valence-electron chi connectivity index (χ0n) is 17.9. The highest BCUT2D eigenvalue weighted by atomic mass is 16.1. The van der Waals surface area contributed by atoms with Crippen LogP contribution < -0.4 is 0 Å². The molecule has 4 aromatic rings. The maximum Gasteiger partial charge on any atom is 0.209 e. The van der Waals surface area contributed by atoms with Gasteiger partial charge in [-0.05, 0) is 23.6 Å². The number of rotatable bonds is 8. The molecule has 4 rings (SSSR count). The summed E-state index contributed by atoms with van der Waals surface area (Å²) in [6, 6.07) is 31.7. The molecule has 156 valence electrons. The van der Waals surface area contributed by atoms with E-state index in [9.17, 15) is 4.79 Å². The Hall–Kier alpha value is -3.66. The van der Waals surface area contributed by atoms with Gasteiger partial charge in [-0.3, -0.25) is 4.79 Å². The summed E-state index contributed by atoms with van der Waals surface area (Å²) in [6.07, 6.45) is 5.58. The van der Waals surface area contributed by atoms with Gasteiger partial charge in [0.15, 0.2) is 0 Å². The summed E-state index contributed by atoms with van der Waals surface area (Å²) in [5.41, 5.74) is 3.88. The molecule has 0 N–H and O–H groups in total. The smallest absolute Gasteiger partial charge is 0.209 e. The van der Waals surface area contributed by atoms with E-state index in [1.54, 1.807) is 11.9 Å². The van der Waals surface area contributed by atoms with Crippen molar-refractivity contribution in [2.24, 2.45) is 0 Å². The van der Waals surface area contributed by atoms with Gasteiger partial charge in [0.2, 0.25) is 6.41 Å². The van der Waals surface area contributed by atoms with Crippen molar-refractivity contribution in [1.29, 1.82) is 0 Å². The number of aromatic nitrogens is 2. The molecule has 1 aromatic heterocycles. The highest BCUT2D eigenvalue weighted by molar-refractivity contribution is 5.51. The molecule has 1 heterocycles. The summed E-state index contributed by atoms with van der Waals surface area (Å²) in [4.78, 5) is 17.6. The second-order valence-electron chi connectivity index (χ2n) is 7.90. The largest absolute Gasteiger partial charge is 0.345 e. The van der Waals surface area contributed by atoms with E-state index >= 15 is 0 Å². The summed E-state index contributed by atoms with van der Waals surface area (Å²) in [5, 5.41) is 0. The van der Waals surface area contributed by atoms with Crippen LogP contribution in [-0.4, -0.2) is 34.0 Å². The summed E-state index contributed by atoms with van der Waals surface area (Å²) >= 11 is 0. The monoisotopic (exact) mass is 409 g/mol. The van der Waals surface area contributed by atoms with Gasteiger partial charge in [-0.2, -0.15) is 0 Å². The molecule has 0 aliphatic rings. The fraction of sp³-hybridized carbons (Fsp3) is 0.185. The molecule has 0 radical (unpaired) electrons. The summed E-state index contributed by atoms with van der Waals surface area (Å²) in [5.74, 6) is 0. The van der Waals surface area contributed by atoms with Crippen LogP contribution in [0.15, 0.2) is 104 Å². The third kappa shape index (κ3) is 3.89. The van der Waals surface area contributed by atoms with Crippen molar-refractivity contribution in [3.05, 3.63) is 126 Å². The molecule has 0 spiro atoms. The van der Waals surface area contributed by atoms with Gasteiger partial charge in [0.25, 0.3) is 0 Å². The van der Waals surface area contributed by atoms with E-state index < -0.39 is 5.54 Å². The van der Waals surface area contributed by atoms with Crippen molar-refractivity contribution < 1.29 is 4.79 Å². The number of likely N-dealkylation sites (N-methyl/N-ethyl adjacent to an activating group) is 1. The molecule has 4 heteroatoms. The lowest BCUT2D eigenvalue weighted by Gasteiger charge is -2.37. The molecular formula is C27H27N3O. The summed E-state index contributed by atoms with van der Waals surface area (Å²) < 4.78 is 2.20. The van der Waals surface area contributed by atoms with E-state index in [1.807, 2.05) is 31.5 Å². The Kier molecular flexibility index (Phi) is 5.99. The fourth-order valence-corrected chi connectivity index (χ4v) is 4.19. The first-order chi connectivity index (χ1) is 15.2. The van der Waals surface area contributed by atoms with Crippen molar-refractivity contribution in [3.63, 3.8) is 0 Å². The summed E-state index contributed by atoms with van der Waals surface area (Å²) in [6.45, 7) is 2.03. The molecule has 0 bridgehead atoms. The molecule has 1 unspecified atom stereocenters. The number of carbonyl (C=O) groups is 1. The molecule has 0 aliphatic heterocycles. The highest BCUT2D eigenvalue weighted by Gasteiger charge is 2.38. The Morgan fingerprint density at radius 1 is 0.871 bits per heavy atom. The van der Waals surface area contributed by atoms with Gasteiger partial charge in [-0.25, -0.2) is 4.98 Å². The van der Waals surface area contributed by atoms with Crippen LogP contribution in [0.4, 0.5) is 0 Å². The Balaban J connectivity index is 1.93. The lowest BCUT2D eigenvalue weighted by atomic mass is 9.77. The molecule has 0 saturated carbocycles. The van der Waals surface area contributed by atoms with E-state index in [-0.39, 0.29) is 6.04 Å². The normalized spacial score (nSPS) is 12.3. The maximum atomic E-state index is 11.2. The molecule has 0 saturated heterocycles. The predicted molar refractivity (Wildman–Crippen MR) is 124 cm³/mol. The van der Waals surface area contributed by atoms with Gasteiger partial charge in [-0.1, -0.05) is 91.0 Å². The minimum atomic E-state index is -0.561. The molecule has 1 amide bonds. The first-order valence-electron chi connectivity index (χ1n) is 10.5. The standard InChI is InChI=1S/C27H27N3O/c1-22(29(2)21-31)18-26-19-30(20-28-26)27(23-12-6-3-7-13-23,24-14-8-4-9-15-24)25-16-10-5-11-17-25/h3-17,19-22H,18H2,1-2H3. The molecule has 0 aliphatic carbocycles. The van der Waals surface area contributed by atoms with Crippen molar-refractivity contribution in [3.8, 4) is 0 Å². The van der Waals surface area contributed by atoms with Gasteiger partial charge in [0, 0.05) is 25.7 Å². The maximum absolute atomic E-state index is 11.2. The van der Waals surface area contributed by atoms with Crippen LogP contribution in [0, 0.1) is 0 Å². The second-order valence-corrected chi connectivity index (χ2v) is 7.90. The average molecular weight is 410 g/mol. The number of benzene rings is 3. The first kappa shape index (κ1) is 20.6. The Labute approximate surface area is 183 Å². The van der Waals surface area contributed by atoms with Crippen LogP contribution in [0.25, 0.3) is 0 Å². The fourth-order valence-electron chi connectivity index (χ4n) is 4.19. The van der Waals surface area contributed by atoms with Crippen molar-refractivity contribution in [1.82, 2.24) is 14.5 Å². The summed E-state index contributed by atoms with van der Waals surface area (Å²) in [7, 11) is 1.80. The Bertz CT molecular complexity index is 1010. The van der Waals surface area contributed by atoms with E-state index in [4.69, 9.17) is 4.98 Å². The quantitative estimate of drug-likeness (QED) is 0.311. The second kappa shape index (κ2) is 9.00. The van der Waals surface area contributed by atoms with Crippen LogP contribution in [-0.2, 0) is 16.8 Å². The average Bonchev–Trinajstić information content (AvgIpc) is 3.29. The minimum absolute atomic E-state index is 0.0698.